The molecule has 1 aliphatic heterocycles. The Morgan fingerprint density at radius 1 is 1.30 bits per heavy atom. The van der Waals surface area contributed by atoms with Crippen molar-refractivity contribution < 1.29 is 0 Å². The Morgan fingerprint density at radius 2 is 2.05 bits per heavy atom. The Kier molecular flexibility index (Phi) is 3.92. The molecule has 3 rings (SSSR count). The molecule has 0 bridgehead atoms. The fraction of sp³-hybridized carbons (Fsp3) is 0.750. The summed E-state index contributed by atoms with van der Waals surface area (Å²) in [5.41, 5.74) is 2.44. The van der Waals surface area contributed by atoms with Crippen molar-refractivity contribution in [2.24, 2.45) is 11.8 Å². The molecule has 1 aromatic rings. The van der Waals surface area contributed by atoms with E-state index in [1.165, 1.54) is 24.9 Å². The molecule has 0 spiro atoms. The molecule has 1 aromatic heterocycles. The van der Waals surface area contributed by atoms with E-state index in [1.807, 2.05) is 6.07 Å². The van der Waals surface area contributed by atoms with Crippen LogP contribution in [-0.4, -0.2) is 34.3 Å². The number of aryl methyl sites for hydroxylation is 2. The molecule has 1 saturated heterocycles. The third kappa shape index (κ3) is 2.95. The average molecular weight is 275 g/mol. The van der Waals surface area contributed by atoms with E-state index in [4.69, 9.17) is 0 Å². The standard InChI is InChI=1S/C16H25N3O/c1-12(2)8-18-9-13(10-18)11-19-16(20)7-14-5-3-4-6-15(14)17-19/h7,12-13H,3-6,8-11H2,1-2H3. The van der Waals surface area contributed by atoms with Gasteiger partial charge in [-0.25, -0.2) is 4.68 Å². The maximum atomic E-state index is 12.1. The van der Waals surface area contributed by atoms with Crippen molar-refractivity contribution >= 4 is 0 Å². The third-order valence-corrected chi connectivity index (χ3v) is 4.36. The van der Waals surface area contributed by atoms with Crippen LogP contribution in [-0.2, 0) is 19.4 Å². The van der Waals surface area contributed by atoms with E-state index in [1.54, 1.807) is 4.68 Å². The molecule has 0 N–H and O–H groups in total. The first-order valence-corrected chi connectivity index (χ1v) is 7.94. The molecule has 20 heavy (non-hydrogen) atoms. The SMILES string of the molecule is CC(C)CN1CC(Cn2nc3c(cc2=O)CCCC3)C1. The molecule has 1 fully saturated rings. The average Bonchev–Trinajstić information content (AvgIpc) is 2.36. The van der Waals surface area contributed by atoms with Crippen molar-refractivity contribution in [2.75, 3.05) is 19.6 Å². The number of likely N-dealkylation sites (tertiary alicyclic amines) is 1. The minimum Gasteiger partial charge on any atom is -0.302 e. The van der Waals surface area contributed by atoms with Gasteiger partial charge in [0.05, 0.1) is 12.2 Å². The van der Waals surface area contributed by atoms with Crippen LogP contribution < -0.4 is 5.56 Å². The fourth-order valence-electron chi connectivity index (χ4n) is 3.43. The zero-order valence-electron chi connectivity index (χ0n) is 12.6. The predicted octanol–water partition coefficient (Wildman–Crippen LogP) is 1.71. The molecule has 0 aromatic carbocycles. The lowest BCUT2D eigenvalue weighted by Gasteiger charge is -2.40. The van der Waals surface area contributed by atoms with Gasteiger partial charge >= 0.3 is 0 Å². The minimum atomic E-state index is 0.0907. The second kappa shape index (κ2) is 5.68. The molecule has 0 radical (unpaired) electrons. The van der Waals surface area contributed by atoms with Crippen LogP contribution in [0.15, 0.2) is 10.9 Å². The van der Waals surface area contributed by atoms with Gasteiger partial charge in [-0.1, -0.05) is 13.8 Å². The van der Waals surface area contributed by atoms with Crippen LogP contribution in [0.3, 0.4) is 0 Å². The number of hydrogen-bond acceptors (Lipinski definition) is 3. The van der Waals surface area contributed by atoms with Crippen molar-refractivity contribution in [3.63, 3.8) is 0 Å². The zero-order chi connectivity index (χ0) is 14.1. The van der Waals surface area contributed by atoms with Gasteiger partial charge in [0.25, 0.3) is 5.56 Å². The van der Waals surface area contributed by atoms with E-state index < -0.39 is 0 Å². The fourth-order valence-corrected chi connectivity index (χ4v) is 3.43. The summed E-state index contributed by atoms with van der Waals surface area (Å²) in [4.78, 5) is 14.6. The smallest absolute Gasteiger partial charge is 0.267 e. The summed E-state index contributed by atoms with van der Waals surface area (Å²) in [6.07, 6.45) is 4.48. The quantitative estimate of drug-likeness (QED) is 0.839. The minimum absolute atomic E-state index is 0.0907. The summed E-state index contributed by atoms with van der Waals surface area (Å²) >= 11 is 0. The number of hydrogen-bond donors (Lipinski definition) is 0. The molecule has 2 heterocycles. The second-order valence-electron chi connectivity index (χ2n) is 6.82. The van der Waals surface area contributed by atoms with Crippen molar-refractivity contribution in [3.8, 4) is 0 Å². The van der Waals surface area contributed by atoms with Crippen LogP contribution in [0.2, 0.25) is 0 Å². The van der Waals surface area contributed by atoms with Crippen LogP contribution in [0.25, 0.3) is 0 Å². The molecular formula is C16H25N3O. The lowest BCUT2D eigenvalue weighted by atomic mass is 9.96. The second-order valence-corrected chi connectivity index (χ2v) is 6.82. The lowest BCUT2D eigenvalue weighted by Crippen LogP contribution is -2.50. The van der Waals surface area contributed by atoms with Gasteiger partial charge in [-0.05, 0) is 37.2 Å². The highest BCUT2D eigenvalue weighted by Gasteiger charge is 2.28. The Labute approximate surface area is 120 Å². The van der Waals surface area contributed by atoms with Crippen molar-refractivity contribution in [1.82, 2.24) is 14.7 Å². The number of aromatic nitrogens is 2. The zero-order valence-corrected chi connectivity index (χ0v) is 12.6. The molecule has 0 unspecified atom stereocenters. The van der Waals surface area contributed by atoms with Gasteiger partial charge in [-0.3, -0.25) is 4.79 Å². The van der Waals surface area contributed by atoms with Gasteiger partial charge in [0, 0.05) is 31.6 Å². The van der Waals surface area contributed by atoms with Crippen LogP contribution >= 0.6 is 0 Å². The van der Waals surface area contributed by atoms with Crippen molar-refractivity contribution in [3.05, 3.63) is 27.7 Å². The molecule has 0 atom stereocenters. The van der Waals surface area contributed by atoms with Gasteiger partial charge < -0.3 is 4.90 Å². The molecule has 110 valence electrons. The number of rotatable bonds is 4. The topological polar surface area (TPSA) is 38.1 Å². The molecular weight excluding hydrogens is 250 g/mol. The summed E-state index contributed by atoms with van der Waals surface area (Å²) in [5.74, 6) is 1.32. The Morgan fingerprint density at radius 3 is 2.80 bits per heavy atom. The summed E-state index contributed by atoms with van der Waals surface area (Å²) in [7, 11) is 0. The monoisotopic (exact) mass is 275 g/mol. The maximum Gasteiger partial charge on any atom is 0.267 e. The number of nitrogens with zero attached hydrogens (tertiary/aromatic N) is 3. The first-order chi connectivity index (χ1) is 9.61. The maximum absolute atomic E-state index is 12.1. The van der Waals surface area contributed by atoms with E-state index in [0.717, 1.165) is 44.1 Å². The van der Waals surface area contributed by atoms with E-state index >= 15 is 0 Å². The third-order valence-electron chi connectivity index (χ3n) is 4.36. The molecule has 2 aliphatic rings. The molecule has 4 nitrogen and oxygen atoms in total. The van der Waals surface area contributed by atoms with Crippen LogP contribution in [0, 0.1) is 11.8 Å². The van der Waals surface area contributed by atoms with Gasteiger partial charge in [0.2, 0.25) is 0 Å². The Balaban J connectivity index is 1.63. The van der Waals surface area contributed by atoms with Crippen molar-refractivity contribution in [2.45, 2.75) is 46.1 Å². The van der Waals surface area contributed by atoms with Gasteiger partial charge in [0.15, 0.2) is 0 Å². The van der Waals surface area contributed by atoms with Crippen LogP contribution in [0.1, 0.15) is 37.9 Å². The summed E-state index contributed by atoms with van der Waals surface area (Å²) in [6, 6.07) is 1.83. The molecule has 4 heteroatoms. The summed E-state index contributed by atoms with van der Waals surface area (Å²) in [5, 5.41) is 4.61. The normalized spacial score (nSPS) is 19.9. The molecule has 1 aliphatic carbocycles. The van der Waals surface area contributed by atoms with E-state index in [9.17, 15) is 4.79 Å². The van der Waals surface area contributed by atoms with E-state index in [0.29, 0.717) is 5.92 Å². The molecule has 0 amide bonds. The lowest BCUT2D eigenvalue weighted by molar-refractivity contribution is 0.0722. The highest BCUT2D eigenvalue weighted by atomic mass is 16.1. The van der Waals surface area contributed by atoms with Crippen LogP contribution in [0.4, 0.5) is 0 Å². The van der Waals surface area contributed by atoms with Crippen molar-refractivity contribution in [1.29, 1.82) is 0 Å². The van der Waals surface area contributed by atoms with Gasteiger partial charge in [-0.15, -0.1) is 0 Å². The first kappa shape index (κ1) is 13.8. The predicted molar refractivity (Wildman–Crippen MR) is 79.9 cm³/mol. The van der Waals surface area contributed by atoms with Crippen LogP contribution in [0.5, 0.6) is 0 Å². The Hall–Kier alpha value is -1.16. The summed E-state index contributed by atoms with van der Waals surface area (Å²) < 4.78 is 1.71. The molecule has 0 saturated carbocycles. The number of fused-ring (bicyclic) bond motifs is 1. The van der Waals surface area contributed by atoms with Gasteiger partial charge in [0.1, 0.15) is 0 Å². The first-order valence-electron chi connectivity index (χ1n) is 7.94. The highest BCUT2D eigenvalue weighted by molar-refractivity contribution is 5.20. The van der Waals surface area contributed by atoms with Gasteiger partial charge in [-0.2, -0.15) is 5.10 Å². The summed E-state index contributed by atoms with van der Waals surface area (Å²) in [6.45, 7) is 8.70. The highest BCUT2D eigenvalue weighted by Crippen LogP contribution is 2.20. The van der Waals surface area contributed by atoms with E-state index in [2.05, 4.69) is 23.8 Å². The Bertz CT molecular complexity index is 529. The largest absolute Gasteiger partial charge is 0.302 e. The van der Waals surface area contributed by atoms with E-state index in [-0.39, 0.29) is 5.56 Å².